The van der Waals surface area contributed by atoms with Crippen LogP contribution in [0.4, 0.5) is 0 Å². The van der Waals surface area contributed by atoms with Crippen molar-refractivity contribution in [2.75, 3.05) is 19.3 Å². The molecule has 0 spiro atoms. The largest absolute Gasteiger partial charge is 0.305 e. The highest BCUT2D eigenvalue weighted by Crippen LogP contribution is 2.25. The SMILES string of the molecule is CN1CCCCC1CCSc1nnc(-c2ccccc2)n1C. The Morgan fingerprint density at radius 2 is 1.95 bits per heavy atom. The van der Waals surface area contributed by atoms with E-state index < -0.39 is 0 Å². The third-order valence-corrected chi connectivity index (χ3v) is 5.52. The molecule has 0 aliphatic carbocycles. The second-order valence-electron chi connectivity index (χ2n) is 6.00. The highest BCUT2D eigenvalue weighted by atomic mass is 32.2. The summed E-state index contributed by atoms with van der Waals surface area (Å²) in [5.74, 6) is 2.05. The number of aromatic nitrogens is 3. The van der Waals surface area contributed by atoms with Gasteiger partial charge in [-0.1, -0.05) is 48.5 Å². The van der Waals surface area contributed by atoms with Gasteiger partial charge in [0.25, 0.3) is 0 Å². The van der Waals surface area contributed by atoms with E-state index in [0.29, 0.717) is 0 Å². The molecular formula is C17H24N4S. The van der Waals surface area contributed by atoms with Gasteiger partial charge in [0.15, 0.2) is 11.0 Å². The second-order valence-corrected chi connectivity index (χ2v) is 7.06. The van der Waals surface area contributed by atoms with E-state index in [1.807, 2.05) is 30.0 Å². The lowest BCUT2D eigenvalue weighted by Crippen LogP contribution is -2.36. The number of hydrogen-bond acceptors (Lipinski definition) is 4. The van der Waals surface area contributed by atoms with Gasteiger partial charge in [-0.3, -0.25) is 0 Å². The van der Waals surface area contributed by atoms with Crippen molar-refractivity contribution in [2.45, 2.75) is 36.9 Å². The monoisotopic (exact) mass is 316 g/mol. The average Bonchev–Trinajstić information content (AvgIpc) is 2.91. The minimum atomic E-state index is 0.739. The lowest BCUT2D eigenvalue weighted by atomic mass is 10.0. The maximum absolute atomic E-state index is 4.36. The Bertz CT molecular complexity index is 596. The zero-order valence-electron chi connectivity index (χ0n) is 13.4. The number of likely N-dealkylation sites (tertiary alicyclic amines) is 1. The van der Waals surface area contributed by atoms with Crippen LogP contribution < -0.4 is 0 Å². The van der Waals surface area contributed by atoms with Crippen LogP contribution in [0.3, 0.4) is 0 Å². The summed E-state index contributed by atoms with van der Waals surface area (Å²) in [5.41, 5.74) is 1.12. The predicted molar refractivity (Wildman–Crippen MR) is 92.0 cm³/mol. The minimum Gasteiger partial charge on any atom is -0.305 e. The van der Waals surface area contributed by atoms with Gasteiger partial charge in [-0.2, -0.15) is 0 Å². The molecule has 0 radical (unpaired) electrons. The van der Waals surface area contributed by atoms with Crippen molar-refractivity contribution in [3.63, 3.8) is 0 Å². The first kappa shape index (κ1) is 15.6. The number of benzene rings is 1. The molecule has 118 valence electrons. The number of piperidine rings is 1. The highest BCUT2D eigenvalue weighted by Gasteiger charge is 2.19. The minimum absolute atomic E-state index is 0.739. The van der Waals surface area contributed by atoms with Crippen molar-refractivity contribution in [3.05, 3.63) is 30.3 Å². The molecule has 1 atom stereocenters. The van der Waals surface area contributed by atoms with Crippen molar-refractivity contribution in [1.29, 1.82) is 0 Å². The van der Waals surface area contributed by atoms with Gasteiger partial charge in [0, 0.05) is 24.4 Å². The number of thioether (sulfide) groups is 1. The molecule has 1 saturated heterocycles. The van der Waals surface area contributed by atoms with E-state index in [4.69, 9.17) is 0 Å². The smallest absolute Gasteiger partial charge is 0.191 e. The summed E-state index contributed by atoms with van der Waals surface area (Å²) in [6.45, 7) is 1.25. The van der Waals surface area contributed by atoms with E-state index in [0.717, 1.165) is 28.3 Å². The molecule has 0 saturated carbocycles. The number of nitrogens with zero attached hydrogens (tertiary/aromatic N) is 4. The molecule has 0 N–H and O–H groups in total. The summed E-state index contributed by atoms with van der Waals surface area (Å²) < 4.78 is 2.10. The second kappa shape index (κ2) is 7.29. The lowest BCUT2D eigenvalue weighted by molar-refractivity contribution is 0.182. The topological polar surface area (TPSA) is 34.0 Å². The molecule has 1 aromatic carbocycles. The fraction of sp³-hybridized carbons (Fsp3) is 0.529. The summed E-state index contributed by atoms with van der Waals surface area (Å²) in [6, 6.07) is 11.0. The molecule has 0 bridgehead atoms. The van der Waals surface area contributed by atoms with Crippen LogP contribution in [0.2, 0.25) is 0 Å². The Morgan fingerprint density at radius 1 is 1.14 bits per heavy atom. The molecule has 1 aliphatic rings. The van der Waals surface area contributed by atoms with Gasteiger partial charge >= 0.3 is 0 Å². The van der Waals surface area contributed by atoms with Crippen LogP contribution in [0.15, 0.2) is 35.5 Å². The molecule has 22 heavy (non-hydrogen) atoms. The van der Waals surface area contributed by atoms with Crippen LogP contribution in [0.25, 0.3) is 11.4 Å². The standard InChI is InChI=1S/C17H24N4S/c1-20-12-7-6-10-15(20)11-13-22-17-19-18-16(21(17)2)14-8-4-3-5-9-14/h3-5,8-9,15H,6-7,10-13H2,1-2H3. The fourth-order valence-corrected chi connectivity index (χ4v) is 4.03. The average molecular weight is 316 g/mol. The first-order chi connectivity index (χ1) is 10.8. The molecule has 5 heteroatoms. The van der Waals surface area contributed by atoms with E-state index in [-0.39, 0.29) is 0 Å². The number of rotatable bonds is 5. The Balaban J connectivity index is 1.58. The molecule has 2 heterocycles. The summed E-state index contributed by atoms with van der Waals surface area (Å²) in [7, 11) is 4.31. The quantitative estimate of drug-likeness (QED) is 0.791. The number of hydrogen-bond donors (Lipinski definition) is 0. The molecule has 1 aliphatic heterocycles. The summed E-state index contributed by atoms with van der Waals surface area (Å²) in [5, 5.41) is 9.72. The van der Waals surface area contributed by atoms with Gasteiger partial charge in [0.2, 0.25) is 0 Å². The van der Waals surface area contributed by atoms with Crippen molar-refractivity contribution < 1.29 is 0 Å². The summed E-state index contributed by atoms with van der Waals surface area (Å²) in [4.78, 5) is 2.51. The summed E-state index contributed by atoms with van der Waals surface area (Å²) in [6.07, 6.45) is 5.30. The van der Waals surface area contributed by atoms with Gasteiger partial charge in [-0.05, 0) is 32.9 Å². The summed E-state index contributed by atoms with van der Waals surface area (Å²) >= 11 is 1.82. The van der Waals surface area contributed by atoms with E-state index in [1.165, 1.54) is 32.2 Å². The van der Waals surface area contributed by atoms with Gasteiger partial charge in [0.05, 0.1) is 0 Å². The van der Waals surface area contributed by atoms with Crippen molar-refractivity contribution in [2.24, 2.45) is 7.05 Å². The zero-order chi connectivity index (χ0) is 15.4. The van der Waals surface area contributed by atoms with E-state index in [1.54, 1.807) is 0 Å². The van der Waals surface area contributed by atoms with E-state index >= 15 is 0 Å². The van der Waals surface area contributed by atoms with Crippen LogP contribution in [-0.2, 0) is 7.05 Å². The van der Waals surface area contributed by atoms with Gasteiger partial charge in [-0.15, -0.1) is 10.2 Å². The Hall–Kier alpha value is -1.33. The third kappa shape index (κ3) is 3.52. The Kier molecular flexibility index (Phi) is 5.16. The van der Waals surface area contributed by atoms with Gasteiger partial charge in [0.1, 0.15) is 0 Å². The maximum atomic E-state index is 4.36. The molecule has 3 rings (SSSR count). The van der Waals surface area contributed by atoms with Crippen LogP contribution in [-0.4, -0.2) is 45.1 Å². The van der Waals surface area contributed by atoms with Gasteiger partial charge in [-0.25, -0.2) is 0 Å². The van der Waals surface area contributed by atoms with Crippen LogP contribution in [0, 0.1) is 0 Å². The first-order valence-electron chi connectivity index (χ1n) is 8.03. The zero-order valence-corrected chi connectivity index (χ0v) is 14.2. The Morgan fingerprint density at radius 3 is 2.73 bits per heavy atom. The van der Waals surface area contributed by atoms with E-state index in [9.17, 15) is 0 Å². The van der Waals surface area contributed by atoms with Crippen molar-refractivity contribution in [3.8, 4) is 11.4 Å². The molecular weight excluding hydrogens is 292 g/mol. The molecule has 0 amide bonds. The molecule has 2 aromatic rings. The first-order valence-corrected chi connectivity index (χ1v) is 9.02. The lowest BCUT2D eigenvalue weighted by Gasteiger charge is -2.32. The molecule has 1 aromatic heterocycles. The van der Waals surface area contributed by atoms with Crippen LogP contribution in [0.1, 0.15) is 25.7 Å². The van der Waals surface area contributed by atoms with Gasteiger partial charge < -0.3 is 9.47 Å². The molecule has 1 unspecified atom stereocenters. The van der Waals surface area contributed by atoms with Crippen molar-refractivity contribution >= 4 is 11.8 Å². The maximum Gasteiger partial charge on any atom is 0.191 e. The normalized spacial score (nSPS) is 19.5. The third-order valence-electron chi connectivity index (χ3n) is 4.47. The fourth-order valence-electron chi connectivity index (χ4n) is 3.07. The molecule has 1 fully saturated rings. The van der Waals surface area contributed by atoms with Crippen LogP contribution >= 0.6 is 11.8 Å². The van der Waals surface area contributed by atoms with Crippen LogP contribution in [0.5, 0.6) is 0 Å². The van der Waals surface area contributed by atoms with Crippen molar-refractivity contribution in [1.82, 2.24) is 19.7 Å². The Labute approximate surface area is 136 Å². The van der Waals surface area contributed by atoms with E-state index in [2.05, 4.69) is 45.9 Å². The molecule has 4 nitrogen and oxygen atoms in total. The predicted octanol–water partition coefficient (Wildman–Crippen LogP) is 3.45. The highest BCUT2D eigenvalue weighted by molar-refractivity contribution is 7.99.